The second-order valence-corrected chi connectivity index (χ2v) is 11.6. The van der Waals surface area contributed by atoms with Crippen LogP contribution in [0, 0.1) is 11.6 Å². The Morgan fingerprint density at radius 2 is 1.32 bits per heavy atom. The largest absolute Gasteiger partial charge is 0.490 e. The molecule has 0 aliphatic heterocycles. The number of aliphatic hydroxyl groups is 1. The Balaban J connectivity index is 1.51. The van der Waals surface area contributed by atoms with E-state index in [0.29, 0.717) is 40.1 Å². The van der Waals surface area contributed by atoms with E-state index in [1.165, 1.54) is 42.7 Å². The minimum Gasteiger partial charge on any atom is -0.490 e. The van der Waals surface area contributed by atoms with Crippen LogP contribution in [0.4, 0.5) is 8.78 Å². The molecule has 8 heteroatoms. The quantitative estimate of drug-likeness (QED) is 0.132. The summed E-state index contributed by atoms with van der Waals surface area (Å²) in [6.07, 6.45) is 7.62. The number of amides is 1. The van der Waals surface area contributed by atoms with Gasteiger partial charge in [0.15, 0.2) is 0 Å². The van der Waals surface area contributed by atoms with Crippen molar-refractivity contribution in [1.82, 2.24) is 4.90 Å². The number of hydrogen-bond donors (Lipinski definition) is 1. The first-order chi connectivity index (χ1) is 21.3. The van der Waals surface area contributed by atoms with Crippen LogP contribution in [0.25, 0.3) is 22.3 Å². The smallest absolute Gasteiger partial charge is 0.253 e. The zero-order valence-electron chi connectivity index (χ0n) is 24.8. The number of unbranched alkanes of at least 4 members (excludes halogenated alkanes) is 5. The van der Waals surface area contributed by atoms with Crippen LogP contribution in [-0.2, 0) is 6.42 Å². The van der Waals surface area contributed by atoms with E-state index in [4.69, 9.17) is 27.9 Å². The highest BCUT2D eigenvalue weighted by Gasteiger charge is 2.22. The first-order valence-electron chi connectivity index (χ1n) is 14.9. The van der Waals surface area contributed by atoms with Crippen molar-refractivity contribution >= 4 is 29.1 Å². The summed E-state index contributed by atoms with van der Waals surface area (Å²) in [6.45, 7) is 0.286. The fourth-order valence-electron chi connectivity index (χ4n) is 5.16. The van der Waals surface area contributed by atoms with Crippen LogP contribution in [0.2, 0.25) is 10.0 Å². The lowest BCUT2D eigenvalue weighted by atomic mass is 9.93. The van der Waals surface area contributed by atoms with Gasteiger partial charge < -0.3 is 14.7 Å². The van der Waals surface area contributed by atoms with Crippen molar-refractivity contribution in [2.45, 2.75) is 44.9 Å². The molecule has 4 rings (SSSR count). The first-order valence-corrected chi connectivity index (χ1v) is 15.7. The zero-order chi connectivity index (χ0) is 31.5. The van der Waals surface area contributed by atoms with Crippen LogP contribution in [-0.4, -0.2) is 42.7 Å². The maximum absolute atomic E-state index is 14.1. The molecule has 4 aromatic carbocycles. The van der Waals surface area contributed by atoms with E-state index >= 15 is 0 Å². The maximum atomic E-state index is 14.1. The molecule has 0 spiro atoms. The van der Waals surface area contributed by atoms with E-state index in [-0.39, 0.29) is 29.2 Å². The molecule has 0 bridgehead atoms. The Bertz CT molecular complexity index is 1480. The molecule has 0 fully saturated rings. The SMILES string of the molecule is CN(CCCCCCCCc1ccccc1)C(=O)c1cc(-c2ccc(F)c(Cl)c2)c(OCCO)c(-c2ccc(F)c(Cl)c2)c1. The highest BCUT2D eigenvalue weighted by Crippen LogP contribution is 2.42. The van der Waals surface area contributed by atoms with Gasteiger partial charge in [0.05, 0.1) is 16.7 Å². The molecule has 232 valence electrons. The van der Waals surface area contributed by atoms with Gasteiger partial charge in [0, 0.05) is 30.3 Å². The van der Waals surface area contributed by atoms with Crippen LogP contribution in [0.3, 0.4) is 0 Å². The molecule has 4 nitrogen and oxygen atoms in total. The molecule has 1 amide bonds. The van der Waals surface area contributed by atoms with Crippen molar-refractivity contribution in [3.63, 3.8) is 0 Å². The van der Waals surface area contributed by atoms with Crippen LogP contribution < -0.4 is 4.74 Å². The summed E-state index contributed by atoms with van der Waals surface area (Å²) < 4.78 is 34.1. The third kappa shape index (κ3) is 9.04. The summed E-state index contributed by atoms with van der Waals surface area (Å²) in [6, 6.07) is 22.3. The van der Waals surface area contributed by atoms with Gasteiger partial charge in [0.1, 0.15) is 24.0 Å². The third-order valence-corrected chi connectivity index (χ3v) is 8.11. The molecule has 1 N–H and O–H groups in total. The summed E-state index contributed by atoms with van der Waals surface area (Å²) in [5.74, 6) is -1.04. The van der Waals surface area contributed by atoms with Crippen molar-refractivity contribution < 1.29 is 23.4 Å². The highest BCUT2D eigenvalue weighted by atomic mass is 35.5. The van der Waals surface area contributed by atoms with E-state index < -0.39 is 11.6 Å². The predicted octanol–water partition coefficient (Wildman–Crippen LogP) is 9.63. The van der Waals surface area contributed by atoms with Crippen molar-refractivity contribution in [2.24, 2.45) is 0 Å². The lowest BCUT2D eigenvalue weighted by molar-refractivity contribution is 0.0792. The molecule has 0 aliphatic rings. The number of rotatable bonds is 15. The number of hydrogen-bond acceptors (Lipinski definition) is 3. The molecule has 0 radical (unpaired) electrons. The van der Waals surface area contributed by atoms with E-state index in [0.717, 1.165) is 32.1 Å². The molecule has 0 aromatic heterocycles. The maximum Gasteiger partial charge on any atom is 0.253 e. The monoisotopic (exact) mass is 639 g/mol. The Labute approximate surface area is 268 Å². The Morgan fingerprint density at radius 1 is 0.773 bits per heavy atom. The van der Waals surface area contributed by atoms with Gasteiger partial charge in [0.25, 0.3) is 5.91 Å². The molecular weight excluding hydrogens is 603 g/mol. The molecule has 0 atom stereocenters. The first kappa shape index (κ1) is 33.4. The summed E-state index contributed by atoms with van der Waals surface area (Å²) in [4.78, 5) is 15.4. The van der Waals surface area contributed by atoms with Crippen LogP contribution in [0.1, 0.15) is 54.4 Å². The number of halogens is 4. The Kier molecular flexibility index (Phi) is 12.6. The van der Waals surface area contributed by atoms with Crippen LogP contribution >= 0.6 is 23.2 Å². The Morgan fingerprint density at radius 3 is 1.86 bits per heavy atom. The average molecular weight is 641 g/mol. The molecule has 0 saturated heterocycles. The lowest BCUT2D eigenvalue weighted by Gasteiger charge is -2.21. The number of ether oxygens (including phenoxy) is 1. The van der Waals surface area contributed by atoms with Crippen molar-refractivity contribution in [2.75, 3.05) is 26.8 Å². The van der Waals surface area contributed by atoms with E-state index in [9.17, 15) is 18.7 Å². The molecule has 4 aromatic rings. The summed E-state index contributed by atoms with van der Waals surface area (Å²) in [7, 11) is 1.77. The standard InChI is InChI=1S/C36H37Cl2F2NO3/c1-41(18-10-5-3-2-4-7-11-25-12-8-6-9-13-25)36(43)28-21-29(26-14-16-33(39)31(37)23-26)35(44-20-19-42)30(22-28)27-15-17-34(40)32(38)24-27/h6,8-9,12-17,21-24,42H,2-5,7,10-11,18-20H2,1H3. The van der Waals surface area contributed by atoms with Gasteiger partial charge in [-0.2, -0.15) is 0 Å². The van der Waals surface area contributed by atoms with Gasteiger partial charge in [-0.3, -0.25) is 4.79 Å². The molecule has 44 heavy (non-hydrogen) atoms. The molecular formula is C36H37Cl2F2NO3. The van der Waals surface area contributed by atoms with Gasteiger partial charge in [-0.25, -0.2) is 8.78 Å². The number of carbonyl (C=O) groups is 1. The molecule has 0 aliphatic carbocycles. The highest BCUT2D eigenvalue weighted by molar-refractivity contribution is 6.31. The summed E-state index contributed by atoms with van der Waals surface area (Å²) in [5, 5.41) is 9.34. The Hall–Kier alpha value is -3.45. The van der Waals surface area contributed by atoms with Crippen LogP contribution in [0.5, 0.6) is 5.75 Å². The van der Waals surface area contributed by atoms with Crippen molar-refractivity contribution in [3.8, 4) is 28.0 Å². The van der Waals surface area contributed by atoms with Crippen molar-refractivity contribution in [1.29, 1.82) is 0 Å². The minimum atomic E-state index is -0.582. The molecule has 0 heterocycles. The number of aliphatic hydroxyl groups excluding tert-OH is 1. The number of nitrogens with zero attached hydrogens (tertiary/aromatic N) is 1. The third-order valence-electron chi connectivity index (χ3n) is 7.53. The predicted molar refractivity (Wildman–Crippen MR) is 175 cm³/mol. The minimum absolute atomic E-state index is 0.0384. The van der Waals surface area contributed by atoms with Gasteiger partial charge in [-0.05, 0) is 72.4 Å². The second kappa shape index (κ2) is 16.6. The van der Waals surface area contributed by atoms with E-state index in [1.54, 1.807) is 36.2 Å². The van der Waals surface area contributed by atoms with E-state index in [1.807, 2.05) is 6.07 Å². The van der Waals surface area contributed by atoms with Crippen molar-refractivity contribution in [3.05, 3.63) is 112 Å². The second-order valence-electron chi connectivity index (χ2n) is 10.8. The number of benzene rings is 4. The fraction of sp³-hybridized carbons (Fsp3) is 0.306. The van der Waals surface area contributed by atoms with Crippen LogP contribution in [0.15, 0.2) is 78.9 Å². The van der Waals surface area contributed by atoms with E-state index in [2.05, 4.69) is 24.3 Å². The average Bonchev–Trinajstić information content (AvgIpc) is 3.03. The van der Waals surface area contributed by atoms with Gasteiger partial charge in [0.2, 0.25) is 0 Å². The fourth-order valence-corrected chi connectivity index (χ4v) is 5.52. The van der Waals surface area contributed by atoms with Gasteiger partial charge in [-0.1, -0.05) is 91.3 Å². The molecule has 0 saturated carbocycles. The zero-order valence-corrected chi connectivity index (χ0v) is 26.3. The summed E-state index contributed by atoms with van der Waals surface area (Å²) in [5.41, 5.74) is 3.73. The van der Waals surface area contributed by atoms with Gasteiger partial charge >= 0.3 is 0 Å². The number of aryl methyl sites for hydroxylation is 1. The topological polar surface area (TPSA) is 49.8 Å². The summed E-state index contributed by atoms with van der Waals surface area (Å²) >= 11 is 12.2. The van der Waals surface area contributed by atoms with Gasteiger partial charge in [-0.15, -0.1) is 0 Å². The number of carbonyl (C=O) groups excluding carboxylic acids is 1. The lowest BCUT2D eigenvalue weighted by Crippen LogP contribution is -2.28. The molecule has 0 unspecified atom stereocenters. The normalized spacial score (nSPS) is 11.0.